The fraction of sp³-hybridized carbons (Fsp3) is 0. The fourth-order valence-electron chi connectivity index (χ4n) is 1.92. The van der Waals surface area contributed by atoms with E-state index in [1.807, 2.05) is 42.5 Å². The molecule has 0 amide bonds. The number of benzene rings is 2. The molecule has 0 radical (unpaired) electrons. The van der Waals surface area contributed by atoms with Crippen molar-refractivity contribution in [2.45, 2.75) is 5.16 Å². The summed E-state index contributed by atoms with van der Waals surface area (Å²) in [4.78, 5) is 16.7. The van der Waals surface area contributed by atoms with E-state index in [4.69, 9.17) is 12.6 Å². The van der Waals surface area contributed by atoms with E-state index in [-0.39, 0.29) is 62.1 Å². The van der Waals surface area contributed by atoms with Crippen molar-refractivity contribution in [3.63, 3.8) is 0 Å². The van der Waals surface area contributed by atoms with Crippen LogP contribution in [0.5, 0.6) is 0 Å². The van der Waals surface area contributed by atoms with Gasteiger partial charge in [-0.15, -0.1) is 0 Å². The quantitative estimate of drug-likeness (QED) is 0.338. The minimum absolute atomic E-state index is 0. The summed E-state index contributed by atoms with van der Waals surface area (Å²) in [5.41, 5.74) is 1.25. The number of fused-ring (bicyclic) bond motifs is 1. The van der Waals surface area contributed by atoms with Gasteiger partial charge in [-0.1, -0.05) is 30.3 Å². The average molecular weight is 292 g/mol. The van der Waals surface area contributed by atoms with Crippen molar-refractivity contribution in [3.8, 4) is 5.69 Å². The van der Waals surface area contributed by atoms with Crippen molar-refractivity contribution in [2.24, 2.45) is 0 Å². The van der Waals surface area contributed by atoms with Gasteiger partial charge in [0.15, 0.2) is 0 Å². The molecule has 0 fully saturated rings. The molecule has 1 heterocycles. The molecule has 2 aromatic carbocycles. The Hall–Kier alpha value is -0.564. The summed E-state index contributed by atoms with van der Waals surface area (Å²) in [7, 11) is 0. The zero-order valence-electron chi connectivity index (χ0n) is 10.4. The molecule has 88 valence electrons. The zero-order chi connectivity index (χ0) is 12.5. The van der Waals surface area contributed by atoms with Crippen molar-refractivity contribution >= 4 is 23.5 Å². The Labute approximate surface area is 158 Å². The zero-order valence-corrected chi connectivity index (χ0v) is 14.3. The van der Waals surface area contributed by atoms with Gasteiger partial charge in [0.25, 0.3) is 5.56 Å². The molecule has 3 rings (SSSR count). The Morgan fingerprint density at radius 2 is 1.58 bits per heavy atom. The van der Waals surface area contributed by atoms with E-state index >= 15 is 0 Å². The van der Waals surface area contributed by atoms with Gasteiger partial charge in [-0.2, -0.15) is 0 Å². The van der Waals surface area contributed by atoms with Crippen LogP contribution in [0.25, 0.3) is 16.6 Å². The molecule has 0 bridgehead atoms. The summed E-state index contributed by atoms with van der Waals surface area (Å²) in [6.45, 7) is 0. The fourth-order valence-corrected chi connectivity index (χ4v) is 2.20. The van der Waals surface area contributed by atoms with Crippen LogP contribution >= 0.6 is 0 Å². The van der Waals surface area contributed by atoms with Crippen LogP contribution in [-0.2, 0) is 12.6 Å². The monoisotopic (exact) mass is 292 g/mol. The van der Waals surface area contributed by atoms with E-state index < -0.39 is 0 Å². The Morgan fingerprint density at radius 1 is 0.947 bits per heavy atom. The molecule has 0 unspecified atom stereocenters. The van der Waals surface area contributed by atoms with Gasteiger partial charge in [0.2, 0.25) is 0 Å². The summed E-state index contributed by atoms with van der Waals surface area (Å²) in [6, 6.07) is 16.5. The Morgan fingerprint density at radius 3 is 2.32 bits per heavy atom. The second kappa shape index (κ2) is 6.26. The summed E-state index contributed by atoms with van der Waals surface area (Å²) in [6.07, 6.45) is 0. The van der Waals surface area contributed by atoms with Crippen LogP contribution in [0.1, 0.15) is 0 Å². The minimum Gasteiger partial charge on any atom is -0.742 e. The molecule has 0 aliphatic rings. The molecule has 0 aliphatic heterocycles. The van der Waals surface area contributed by atoms with Crippen molar-refractivity contribution < 1.29 is 51.4 Å². The molecule has 0 aliphatic carbocycles. The minimum atomic E-state index is -0.128. The number of hydrogen-bond donors (Lipinski definition) is 0. The third-order valence-corrected chi connectivity index (χ3v) is 3.03. The number of rotatable bonds is 1. The van der Waals surface area contributed by atoms with Crippen molar-refractivity contribution in [1.29, 1.82) is 0 Å². The van der Waals surface area contributed by atoms with Crippen LogP contribution in [0.2, 0.25) is 0 Å². The third-order valence-electron chi connectivity index (χ3n) is 2.76. The molecule has 3 aromatic rings. The number of nitrogens with zero attached hydrogens (tertiary/aromatic N) is 2. The maximum Gasteiger partial charge on any atom is 1.00 e. The molecule has 0 atom stereocenters. The third kappa shape index (κ3) is 2.81. The van der Waals surface area contributed by atoms with Crippen LogP contribution in [0.15, 0.2) is 64.5 Å². The smallest absolute Gasteiger partial charge is 0.742 e. The van der Waals surface area contributed by atoms with Gasteiger partial charge >= 0.3 is 51.4 Å². The van der Waals surface area contributed by atoms with E-state index in [0.717, 1.165) is 5.69 Å². The molecule has 19 heavy (non-hydrogen) atoms. The van der Waals surface area contributed by atoms with Crippen LogP contribution in [-0.4, -0.2) is 9.55 Å². The van der Waals surface area contributed by atoms with E-state index in [9.17, 15) is 4.79 Å². The standard InChI is InChI=1S/C14H10N2OS.K/c17-13-11-8-4-5-9-12(11)15-14(18)16(13)10-6-2-1-3-7-10;/h1-9H,(H,15,18);/q;+1/p-1. The van der Waals surface area contributed by atoms with Gasteiger partial charge in [-0.05, 0) is 29.4 Å². The van der Waals surface area contributed by atoms with Crippen LogP contribution in [0, 0.1) is 0 Å². The van der Waals surface area contributed by atoms with Gasteiger partial charge < -0.3 is 12.6 Å². The van der Waals surface area contributed by atoms with Gasteiger partial charge in [0.05, 0.1) is 10.9 Å². The second-order valence-electron chi connectivity index (χ2n) is 3.89. The van der Waals surface area contributed by atoms with Gasteiger partial charge in [0.1, 0.15) is 0 Å². The molecule has 3 nitrogen and oxygen atoms in total. The first kappa shape index (κ1) is 14.8. The molecule has 0 saturated heterocycles. The normalized spacial score (nSPS) is 10.1. The molecule has 0 saturated carbocycles. The van der Waals surface area contributed by atoms with Crippen molar-refractivity contribution in [1.82, 2.24) is 9.55 Å². The van der Waals surface area contributed by atoms with Gasteiger partial charge in [-0.3, -0.25) is 14.3 Å². The predicted octanol–water partition coefficient (Wildman–Crippen LogP) is -0.705. The first-order chi connectivity index (χ1) is 8.77. The summed E-state index contributed by atoms with van der Waals surface area (Å²) in [5, 5.41) is 0.861. The van der Waals surface area contributed by atoms with E-state index in [1.165, 1.54) is 4.57 Å². The van der Waals surface area contributed by atoms with E-state index in [2.05, 4.69) is 4.98 Å². The van der Waals surface area contributed by atoms with E-state index in [1.54, 1.807) is 12.1 Å². The first-order valence-electron chi connectivity index (χ1n) is 5.51. The van der Waals surface area contributed by atoms with Gasteiger partial charge in [0, 0.05) is 5.69 Å². The number of aromatic nitrogens is 2. The molecule has 0 N–H and O–H groups in total. The molecular weight excluding hydrogens is 283 g/mol. The van der Waals surface area contributed by atoms with Gasteiger partial charge in [-0.25, -0.2) is 0 Å². The Kier molecular flexibility index (Phi) is 4.89. The largest absolute Gasteiger partial charge is 1.00 e. The van der Waals surface area contributed by atoms with Crippen LogP contribution in [0.4, 0.5) is 0 Å². The molecule has 5 heteroatoms. The average Bonchev–Trinajstić information content (AvgIpc) is 2.40. The molecular formula is C14H9KN2OS. The van der Waals surface area contributed by atoms with Crippen LogP contribution in [0.3, 0.4) is 0 Å². The maximum absolute atomic E-state index is 12.4. The van der Waals surface area contributed by atoms with Crippen molar-refractivity contribution in [2.75, 3.05) is 0 Å². The summed E-state index contributed by atoms with van der Waals surface area (Å²) < 4.78 is 1.46. The SMILES string of the molecule is O=c1c2ccccc2nc([S-])n1-c1ccccc1.[K+]. The van der Waals surface area contributed by atoms with Crippen LogP contribution < -0.4 is 56.9 Å². The van der Waals surface area contributed by atoms with E-state index in [0.29, 0.717) is 10.9 Å². The Bertz CT molecular complexity index is 771. The summed E-state index contributed by atoms with van der Waals surface area (Å²) in [5.74, 6) is 0. The Balaban J connectivity index is 0.00000133. The van der Waals surface area contributed by atoms with Crippen molar-refractivity contribution in [3.05, 3.63) is 65.0 Å². The number of hydrogen-bond acceptors (Lipinski definition) is 3. The molecule has 1 aromatic heterocycles. The molecule has 0 spiro atoms. The number of para-hydroxylation sites is 2. The first-order valence-corrected chi connectivity index (χ1v) is 5.92. The predicted molar refractivity (Wildman–Crippen MR) is 73.0 cm³/mol. The topological polar surface area (TPSA) is 34.9 Å². The summed E-state index contributed by atoms with van der Waals surface area (Å²) >= 11 is 5.20. The second-order valence-corrected chi connectivity index (χ2v) is 4.25. The maximum atomic E-state index is 12.4.